The van der Waals surface area contributed by atoms with E-state index in [4.69, 9.17) is 0 Å². The molecule has 0 amide bonds. The van der Waals surface area contributed by atoms with Gasteiger partial charge in [-0.1, -0.05) is 0 Å². The summed E-state index contributed by atoms with van der Waals surface area (Å²) in [6, 6.07) is 0. The topological polar surface area (TPSA) is 89.5 Å². The first-order valence-corrected chi connectivity index (χ1v) is 8.00. The van der Waals surface area contributed by atoms with Crippen LogP contribution in [0.5, 0.6) is 0 Å². The van der Waals surface area contributed by atoms with Gasteiger partial charge in [0.1, 0.15) is 0 Å². The number of aromatic nitrogens is 2. The lowest BCUT2D eigenvalue weighted by Gasteiger charge is -2.44. The fraction of sp³-hybridized carbons (Fsp3) is 0.750. The molecular formula is C12H22N4O3S. The quantitative estimate of drug-likeness (QED) is 0.815. The highest BCUT2D eigenvalue weighted by molar-refractivity contribution is 7.89. The normalized spacial score (nSPS) is 21.2. The molecule has 7 nitrogen and oxygen atoms in total. The van der Waals surface area contributed by atoms with E-state index in [9.17, 15) is 13.5 Å². The molecule has 0 bridgehead atoms. The second kappa shape index (κ2) is 5.10. The number of aliphatic hydroxyl groups is 1. The van der Waals surface area contributed by atoms with Crippen LogP contribution in [0.4, 0.5) is 0 Å². The molecule has 0 spiro atoms. The van der Waals surface area contributed by atoms with E-state index in [1.54, 1.807) is 6.92 Å². The minimum atomic E-state index is -3.67. The van der Waals surface area contributed by atoms with E-state index < -0.39 is 10.0 Å². The molecule has 8 heteroatoms. The Hall–Kier alpha value is -0.960. The first-order chi connectivity index (χ1) is 9.20. The van der Waals surface area contributed by atoms with Crippen LogP contribution in [0, 0.1) is 6.92 Å². The smallest absolute Gasteiger partial charge is 0.262 e. The van der Waals surface area contributed by atoms with E-state index in [2.05, 4.69) is 15.1 Å². The molecule has 1 aliphatic rings. The number of aromatic amines is 1. The SMILES string of the molecule is Cc1[nH]nc(S(=O)(=O)N2CCN(C)C(C)(C)C2)c1CO. The third kappa shape index (κ3) is 2.48. The van der Waals surface area contributed by atoms with Crippen LogP contribution in [-0.4, -0.2) is 65.1 Å². The summed E-state index contributed by atoms with van der Waals surface area (Å²) in [5.74, 6) is 0. The monoisotopic (exact) mass is 302 g/mol. The zero-order valence-corrected chi connectivity index (χ0v) is 13.2. The van der Waals surface area contributed by atoms with Crippen molar-refractivity contribution in [3.05, 3.63) is 11.3 Å². The van der Waals surface area contributed by atoms with Gasteiger partial charge in [0.2, 0.25) is 0 Å². The maximum absolute atomic E-state index is 12.7. The number of H-pyrrole nitrogens is 1. The minimum absolute atomic E-state index is 0.0575. The first kappa shape index (κ1) is 15.4. The Morgan fingerprint density at radius 2 is 2.05 bits per heavy atom. The zero-order valence-electron chi connectivity index (χ0n) is 12.3. The molecular weight excluding hydrogens is 280 g/mol. The van der Waals surface area contributed by atoms with Gasteiger partial charge in [0.25, 0.3) is 10.0 Å². The molecule has 0 aliphatic carbocycles. The number of nitrogens with zero attached hydrogens (tertiary/aromatic N) is 3. The molecule has 1 fully saturated rings. The van der Waals surface area contributed by atoms with Crippen LogP contribution in [0.3, 0.4) is 0 Å². The number of hydrogen-bond acceptors (Lipinski definition) is 5. The van der Waals surface area contributed by atoms with Gasteiger partial charge in [-0.15, -0.1) is 0 Å². The van der Waals surface area contributed by atoms with Crippen molar-refractivity contribution in [3.8, 4) is 0 Å². The van der Waals surface area contributed by atoms with Crippen LogP contribution in [0.15, 0.2) is 5.03 Å². The van der Waals surface area contributed by atoms with Gasteiger partial charge in [0.15, 0.2) is 5.03 Å². The van der Waals surface area contributed by atoms with Crippen molar-refractivity contribution in [2.75, 3.05) is 26.7 Å². The second-order valence-electron chi connectivity index (χ2n) is 5.86. The van der Waals surface area contributed by atoms with E-state index in [1.807, 2.05) is 20.9 Å². The lowest BCUT2D eigenvalue weighted by molar-refractivity contribution is 0.0799. The fourth-order valence-corrected chi connectivity index (χ4v) is 4.10. The molecule has 1 aromatic rings. The van der Waals surface area contributed by atoms with Crippen molar-refractivity contribution >= 4 is 10.0 Å². The number of rotatable bonds is 3. The van der Waals surface area contributed by atoms with Crippen molar-refractivity contribution in [1.29, 1.82) is 0 Å². The first-order valence-electron chi connectivity index (χ1n) is 6.56. The van der Waals surface area contributed by atoms with E-state index in [-0.39, 0.29) is 17.2 Å². The van der Waals surface area contributed by atoms with Crippen molar-refractivity contribution in [2.45, 2.75) is 37.9 Å². The van der Waals surface area contributed by atoms with Crippen molar-refractivity contribution in [3.63, 3.8) is 0 Å². The van der Waals surface area contributed by atoms with E-state index in [1.165, 1.54) is 4.31 Å². The van der Waals surface area contributed by atoms with Crippen LogP contribution in [-0.2, 0) is 16.6 Å². The van der Waals surface area contributed by atoms with Crippen molar-refractivity contribution in [1.82, 2.24) is 19.4 Å². The van der Waals surface area contributed by atoms with Gasteiger partial charge < -0.3 is 5.11 Å². The van der Waals surface area contributed by atoms with Gasteiger partial charge in [-0.25, -0.2) is 8.42 Å². The fourth-order valence-electron chi connectivity index (χ4n) is 2.35. The average Bonchev–Trinajstić information content (AvgIpc) is 2.74. The molecule has 2 N–H and O–H groups in total. The Kier molecular flexibility index (Phi) is 3.94. The van der Waals surface area contributed by atoms with Crippen LogP contribution in [0.2, 0.25) is 0 Å². The summed E-state index contributed by atoms with van der Waals surface area (Å²) in [4.78, 5) is 2.14. The highest BCUT2D eigenvalue weighted by Gasteiger charge is 2.39. The summed E-state index contributed by atoms with van der Waals surface area (Å²) in [5.41, 5.74) is 0.706. The molecule has 1 saturated heterocycles. The molecule has 0 radical (unpaired) electrons. The predicted octanol–water partition coefficient (Wildman–Crippen LogP) is -0.0749. The van der Waals surface area contributed by atoms with Crippen LogP contribution < -0.4 is 0 Å². The largest absolute Gasteiger partial charge is 0.392 e. The Morgan fingerprint density at radius 1 is 1.40 bits per heavy atom. The minimum Gasteiger partial charge on any atom is -0.392 e. The predicted molar refractivity (Wildman–Crippen MR) is 74.7 cm³/mol. The maximum Gasteiger partial charge on any atom is 0.262 e. The second-order valence-corrected chi connectivity index (χ2v) is 7.72. The number of sulfonamides is 1. The summed E-state index contributed by atoms with van der Waals surface area (Å²) in [5, 5.41) is 15.8. The third-order valence-electron chi connectivity index (χ3n) is 4.06. The van der Waals surface area contributed by atoms with Crippen LogP contribution >= 0.6 is 0 Å². The number of aliphatic hydroxyl groups excluding tert-OH is 1. The summed E-state index contributed by atoms with van der Waals surface area (Å²) < 4.78 is 26.8. The highest BCUT2D eigenvalue weighted by Crippen LogP contribution is 2.26. The number of aryl methyl sites for hydroxylation is 1. The standard InChI is InChI=1S/C12H22N4O3S/c1-9-10(7-17)11(14-13-9)20(18,19)16-6-5-15(4)12(2,3)8-16/h17H,5-8H2,1-4H3,(H,13,14). The van der Waals surface area contributed by atoms with Crippen molar-refractivity contribution in [2.24, 2.45) is 0 Å². The molecule has 20 heavy (non-hydrogen) atoms. The lowest BCUT2D eigenvalue weighted by Crippen LogP contribution is -2.58. The molecule has 0 unspecified atom stereocenters. The molecule has 0 aromatic carbocycles. The van der Waals surface area contributed by atoms with E-state index in [0.29, 0.717) is 30.9 Å². The van der Waals surface area contributed by atoms with Gasteiger partial charge in [-0.2, -0.15) is 9.40 Å². The number of likely N-dealkylation sites (N-methyl/N-ethyl adjacent to an activating group) is 1. The number of nitrogens with one attached hydrogen (secondary N) is 1. The molecule has 0 atom stereocenters. The number of hydrogen-bond donors (Lipinski definition) is 2. The number of piperazine rings is 1. The average molecular weight is 302 g/mol. The molecule has 1 aliphatic heterocycles. The Labute approximate surface area is 119 Å². The Bertz CT molecular complexity index is 594. The van der Waals surface area contributed by atoms with E-state index in [0.717, 1.165) is 0 Å². The van der Waals surface area contributed by atoms with Gasteiger partial charge in [0, 0.05) is 36.4 Å². The summed E-state index contributed by atoms with van der Waals surface area (Å²) in [6.45, 7) is 6.89. The summed E-state index contributed by atoms with van der Waals surface area (Å²) in [7, 11) is -1.69. The zero-order chi connectivity index (χ0) is 15.1. The molecule has 2 rings (SSSR count). The molecule has 1 aromatic heterocycles. The molecule has 0 saturated carbocycles. The Morgan fingerprint density at radius 3 is 2.60 bits per heavy atom. The Balaban J connectivity index is 2.36. The lowest BCUT2D eigenvalue weighted by atomic mass is 10.0. The molecule has 2 heterocycles. The maximum atomic E-state index is 12.7. The third-order valence-corrected chi connectivity index (χ3v) is 5.88. The highest BCUT2D eigenvalue weighted by atomic mass is 32.2. The van der Waals surface area contributed by atoms with Gasteiger partial charge in [0.05, 0.1) is 6.61 Å². The van der Waals surface area contributed by atoms with E-state index >= 15 is 0 Å². The van der Waals surface area contributed by atoms with Gasteiger partial charge >= 0.3 is 0 Å². The summed E-state index contributed by atoms with van der Waals surface area (Å²) >= 11 is 0. The molecule has 114 valence electrons. The summed E-state index contributed by atoms with van der Waals surface area (Å²) in [6.07, 6.45) is 0. The van der Waals surface area contributed by atoms with Gasteiger partial charge in [-0.05, 0) is 27.8 Å². The van der Waals surface area contributed by atoms with Crippen LogP contribution in [0.1, 0.15) is 25.1 Å². The van der Waals surface area contributed by atoms with Crippen molar-refractivity contribution < 1.29 is 13.5 Å². The van der Waals surface area contributed by atoms with Gasteiger partial charge in [-0.3, -0.25) is 10.00 Å². The van der Waals surface area contributed by atoms with Crippen LogP contribution in [0.25, 0.3) is 0 Å².